The smallest absolute Gasteiger partial charge is 0.123 e. The van der Waals surface area contributed by atoms with Gasteiger partial charge in [-0.15, -0.1) is 0 Å². The van der Waals surface area contributed by atoms with E-state index in [-0.39, 0.29) is 5.82 Å². The molecule has 1 aliphatic heterocycles. The maximum atomic E-state index is 13.2. The highest BCUT2D eigenvalue weighted by atomic mass is 19.1. The molecule has 0 aromatic heterocycles. The summed E-state index contributed by atoms with van der Waals surface area (Å²) in [5.41, 5.74) is 7.82. The quantitative estimate of drug-likeness (QED) is 0.893. The molecule has 0 bridgehead atoms. The highest BCUT2D eigenvalue weighted by Crippen LogP contribution is 2.20. The molecule has 0 saturated carbocycles. The molecular weight excluding hydrogens is 227 g/mol. The number of halogens is 1. The molecule has 0 spiro atoms. The molecule has 0 aliphatic carbocycles. The maximum absolute atomic E-state index is 13.2. The van der Waals surface area contributed by atoms with Crippen molar-refractivity contribution in [2.45, 2.75) is 51.7 Å². The number of likely N-dealkylation sites (tertiary alicyclic amines) is 1. The van der Waals surface area contributed by atoms with Crippen LogP contribution < -0.4 is 5.73 Å². The van der Waals surface area contributed by atoms with Crippen LogP contribution in [0.5, 0.6) is 0 Å². The van der Waals surface area contributed by atoms with Gasteiger partial charge in [-0.25, -0.2) is 4.39 Å². The van der Waals surface area contributed by atoms with Crippen molar-refractivity contribution in [3.05, 3.63) is 35.1 Å². The van der Waals surface area contributed by atoms with E-state index in [1.807, 2.05) is 6.07 Å². The first kappa shape index (κ1) is 13.5. The Bertz CT molecular complexity index is 392. The van der Waals surface area contributed by atoms with Gasteiger partial charge in [0.2, 0.25) is 0 Å². The van der Waals surface area contributed by atoms with Crippen LogP contribution in [0.15, 0.2) is 18.2 Å². The molecule has 100 valence electrons. The molecular formula is C15H23FN2. The molecule has 2 N–H and O–H groups in total. The van der Waals surface area contributed by atoms with Crippen molar-refractivity contribution in [3.63, 3.8) is 0 Å². The lowest BCUT2D eigenvalue weighted by atomic mass is 10.1. The van der Waals surface area contributed by atoms with Gasteiger partial charge in [0, 0.05) is 19.1 Å². The first-order valence-corrected chi connectivity index (χ1v) is 6.92. The lowest BCUT2D eigenvalue weighted by Gasteiger charge is -2.27. The topological polar surface area (TPSA) is 29.3 Å². The van der Waals surface area contributed by atoms with E-state index in [1.165, 1.54) is 37.3 Å². The van der Waals surface area contributed by atoms with Gasteiger partial charge in [-0.2, -0.15) is 0 Å². The summed E-state index contributed by atoms with van der Waals surface area (Å²) in [6.07, 6.45) is 5.18. The average molecular weight is 250 g/mol. The Morgan fingerprint density at radius 2 is 2.11 bits per heavy atom. The van der Waals surface area contributed by atoms with Crippen molar-refractivity contribution in [2.24, 2.45) is 5.73 Å². The SMILES string of the molecule is CC1CCCCCN1Cc1ccc(F)cc1CN. The Kier molecular flexibility index (Phi) is 4.72. The Hall–Kier alpha value is -0.930. The molecule has 3 heteroatoms. The second-order valence-corrected chi connectivity index (χ2v) is 5.29. The van der Waals surface area contributed by atoms with Crippen molar-refractivity contribution in [2.75, 3.05) is 6.54 Å². The van der Waals surface area contributed by atoms with Crippen LogP contribution in [0.4, 0.5) is 4.39 Å². The molecule has 2 rings (SSSR count). The third kappa shape index (κ3) is 3.30. The van der Waals surface area contributed by atoms with Crippen molar-refractivity contribution in [3.8, 4) is 0 Å². The Morgan fingerprint density at radius 3 is 2.89 bits per heavy atom. The van der Waals surface area contributed by atoms with E-state index in [0.717, 1.165) is 18.7 Å². The summed E-state index contributed by atoms with van der Waals surface area (Å²) in [7, 11) is 0. The number of benzene rings is 1. The molecule has 1 heterocycles. The van der Waals surface area contributed by atoms with Crippen LogP contribution >= 0.6 is 0 Å². The largest absolute Gasteiger partial charge is 0.326 e. The molecule has 1 fully saturated rings. The summed E-state index contributed by atoms with van der Waals surface area (Å²) in [6.45, 7) is 4.74. The molecule has 0 amide bonds. The zero-order valence-corrected chi connectivity index (χ0v) is 11.2. The van der Waals surface area contributed by atoms with Crippen LogP contribution in [0.25, 0.3) is 0 Å². The van der Waals surface area contributed by atoms with E-state index in [9.17, 15) is 4.39 Å². The Morgan fingerprint density at radius 1 is 1.28 bits per heavy atom. The second-order valence-electron chi connectivity index (χ2n) is 5.29. The minimum Gasteiger partial charge on any atom is -0.326 e. The third-order valence-corrected chi connectivity index (χ3v) is 3.95. The van der Waals surface area contributed by atoms with Gasteiger partial charge >= 0.3 is 0 Å². The molecule has 0 radical (unpaired) electrons. The summed E-state index contributed by atoms with van der Waals surface area (Å²) in [5, 5.41) is 0. The fraction of sp³-hybridized carbons (Fsp3) is 0.600. The van der Waals surface area contributed by atoms with Crippen molar-refractivity contribution >= 4 is 0 Å². The van der Waals surface area contributed by atoms with Crippen LogP contribution in [-0.2, 0) is 13.1 Å². The highest BCUT2D eigenvalue weighted by Gasteiger charge is 2.17. The monoisotopic (exact) mass is 250 g/mol. The summed E-state index contributed by atoms with van der Waals surface area (Å²) in [5.74, 6) is -0.192. The number of hydrogen-bond acceptors (Lipinski definition) is 2. The lowest BCUT2D eigenvalue weighted by molar-refractivity contribution is 0.204. The summed E-state index contributed by atoms with van der Waals surface area (Å²) in [6, 6.07) is 5.60. The van der Waals surface area contributed by atoms with Gasteiger partial charge in [-0.1, -0.05) is 18.9 Å². The number of hydrogen-bond donors (Lipinski definition) is 1. The van der Waals surface area contributed by atoms with E-state index in [2.05, 4.69) is 11.8 Å². The normalized spacial score (nSPS) is 21.8. The van der Waals surface area contributed by atoms with Gasteiger partial charge in [0.15, 0.2) is 0 Å². The molecule has 1 aromatic rings. The Labute approximate surface area is 109 Å². The van der Waals surface area contributed by atoms with Crippen LogP contribution in [0.2, 0.25) is 0 Å². The standard InChI is InChI=1S/C15H23FN2/c1-12-5-3-2-4-8-18(12)11-13-6-7-15(16)9-14(13)10-17/h6-7,9,12H,2-5,8,10-11,17H2,1H3. The fourth-order valence-corrected chi connectivity index (χ4v) is 2.73. The minimum absolute atomic E-state index is 0.192. The maximum Gasteiger partial charge on any atom is 0.123 e. The molecule has 2 nitrogen and oxygen atoms in total. The average Bonchev–Trinajstić information content (AvgIpc) is 2.57. The summed E-state index contributed by atoms with van der Waals surface area (Å²) >= 11 is 0. The first-order chi connectivity index (χ1) is 8.70. The zero-order chi connectivity index (χ0) is 13.0. The molecule has 1 aliphatic rings. The van der Waals surface area contributed by atoms with Gasteiger partial charge in [-0.3, -0.25) is 4.90 Å². The van der Waals surface area contributed by atoms with E-state index in [1.54, 1.807) is 6.07 Å². The number of rotatable bonds is 3. The van der Waals surface area contributed by atoms with Crippen molar-refractivity contribution < 1.29 is 4.39 Å². The van der Waals surface area contributed by atoms with Gasteiger partial charge in [0.1, 0.15) is 5.82 Å². The fourth-order valence-electron chi connectivity index (χ4n) is 2.73. The molecule has 1 unspecified atom stereocenters. The van der Waals surface area contributed by atoms with Crippen LogP contribution in [0.1, 0.15) is 43.7 Å². The molecule has 1 saturated heterocycles. The molecule has 18 heavy (non-hydrogen) atoms. The van der Waals surface area contributed by atoms with Gasteiger partial charge < -0.3 is 5.73 Å². The van der Waals surface area contributed by atoms with E-state index in [4.69, 9.17) is 5.73 Å². The molecule has 1 aromatic carbocycles. The van der Waals surface area contributed by atoms with Crippen LogP contribution in [-0.4, -0.2) is 17.5 Å². The van der Waals surface area contributed by atoms with E-state index >= 15 is 0 Å². The third-order valence-electron chi connectivity index (χ3n) is 3.95. The zero-order valence-electron chi connectivity index (χ0n) is 11.2. The van der Waals surface area contributed by atoms with Gasteiger partial charge in [-0.05, 0) is 49.6 Å². The predicted octanol–water partition coefficient (Wildman–Crippen LogP) is 3.05. The molecule has 1 atom stereocenters. The minimum atomic E-state index is -0.192. The highest BCUT2D eigenvalue weighted by molar-refractivity contribution is 5.27. The van der Waals surface area contributed by atoms with Crippen LogP contribution in [0, 0.1) is 5.82 Å². The number of nitrogens with zero attached hydrogens (tertiary/aromatic N) is 1. The van der Waals surface area contributed by atoms with Gasteiger partial charge in [0.25, 0.3) is 0 Å². The van der Waals surface area contributed by atoms with Crippen molar-refractivity contribution in [1.29, 1.82) is 0 Å². The number of nitrogens with two attached hydrogens (primary N) is 1. The lowest BCUT2D eigenvalue weighted by Crippen LogP contribution is -2.32. The van der Waals surface area contributed by atoms with Crippen LogP contribution in [0.3, 0.4) is 0 Å². The second kappa shape index (κ2) is 6.30. The predicted molar refractivity (Wildman–Crippen MR) is 72.6 cm³/mol. The van der Waals surface area contributed by atoms with Crippen molar-refractivity contribution in [1.82, 2.24) is 4.90 Å². The van der Waals surface area contributed by atoms with E-state index < -0.39 is 0 Å². The first-order valence-electron chi connectivity index (χ1n) is 6.92. The summed E-state index contributed by atoms with van der Waals surface area (Å²) in [4.78, 5) is 2.50. The Balaban J connectivity index is 2.12. The van der Waals surface area contributed by atoms with E-state index in [0.29, 0.717) is 12.6 Å². The summed E-state index contributed by atoms with van der Waals surface area (Å²) < 4.78 is 13.2. The van der Waals surface area contributed by atoms with Gasteiger partial charge in [0.05, 0.1) is 0 Å².